The number of ketones is 1. The summed E-state index contributed by atoms with van der Waals surface area (Å²) in [6.45, 7) is 0. The molecule has 0 atom stereocenters. The number of rotatable bonds is 1. The van der Waals surface area contributed by atoms with Crippen molar-refractivity contribution in [3.05, 3.63) is 33.1 Å². The first-order valence-corrected chi connectivity index (χ1v) is 4.47. The van der Waals surface area contributed by atoms with Gasteiger partial charge in [0.2, 0.25) is 0 Å². The number of hydrogen-bond acceptors (Lipinski definition) is 1. The van der Waals surface area contributed by atoms with Crippen molar-refractivity contribution in [2.24, 2.45) is 0 Å². The summed E-state index contributed by atoms with van der Waals surface area (Å²) in [4.78, 5) is 10.7. The molecule has 1 aromatic carbocycles. The van der Waals surface area contributed by atoms with E-state index in [0.29, 0.717) is 6.07 Å². The largest absolute Gasteiger partial charge is 0.454 e. The maximum absolute atomic E-state index is 12.6. The third-order valence-electron chi connectivity index (χ3n) is 1.43. The monoisotopic (exact) mass is 318 g/mol. The molecule has 0 bridgehead atoms. The smallest absolute Gasteiger partial charge is 0.284 e. The molecule has 0 saturated carbocycles. The molecule has 0 amide bonds. The van der Waals surface area contributed by atoms with Gasteiger partial charge >= 0.3 is 6.18 Å². The predicted molar refractivity (Wildman–Crippen MR) is 49.5 cm³/mol. The molecule has 0 aliphatic carbocycles. The van der Waals surface area contributed by atoms with Gasteiger partial charge in [-0.2, -0.15) is 13.2 Å². The lowest BCUT2D eigenvalue weighted by Gasteiger charge is -2.06. The zero-order valence-corrected chi connectivity index (χ0v) is 8.69. The summed E-state index contributed by atoms with van der Waals surface area (Å²) in [6.07, 6.45) is -4.96. The van der Waals surface area contributed by atoms with Crippen LogP contribution in [0.3, 0.4) is 0 Å². The van der Waals surface area contributed by atoms with Gasteiger partial charge in [-0.25, -0.2) is 4.39 Å². The van der Waals surface area contributed by atoms with Crippen LogP contribution in [0.1, 0.15) is 10.4 Å². The predicted octanol–water partition coefficient (Wildman–Crippen LogP) is 3.18. The molecular weight excluding hydrogens is 315 g/mol. The first-order valence-electron chi connectivity index (χ1n) is 3.39. The molecule has 0 aliphatic rings. The number of carbonyl (C=O) groups excluding carboxylic acids is 1. The second kappa shape index (κ2) is 3.84. The molecule has 0 unspecified atom stereocenters. The van der Waals surface area contributed by atoms with Gasteiger partial charge in [0, 0.05) is 9.13 Å². The van der Waals surface area contributed by atoms with Gasteiger partial charge in [0.05, 0.1) is 0 Å². The van der Waals surface area contributed by atoms with Crippen LogP contribution in [-0.2, 0) is 0 Å². The SMILES string of the molecule is O=C(c1cc(F)ccc1I)C(F)(F)F. The molecule has 1 nitrogen and oxygen atoms in total. The van der Waals surface area contributed by atoms with Crippen LogP contribution >= 0.6 is 22.6 Å². The molecule has 0 saturated heterocycles. The molecule has 1 aromatic rings. The van der Waals surface area contributed by atoms with Crippen LogP contribution in [0.5, 0.6) is 0 Å². The van der Waals surface area contributed by atoms with Crippen LogP contribution in [0.25, 0.3) is 0 Å². The maximum Gasteiger partial charge on any atom is 0.454 e. The van der Waals surface area contributed by atoms with E-state index in [1.165, 1.54) is 0 Å². The van der Waals surface area contributed by atoms with Gasteiger partial charge < -0.3 is 0 Å². The van der Waals surface area contributed by atoms with Gasteiger partial charge in [-0.3, -0.25) is 4.79 Å². The van der Waals surface area contributed by atoms with Crippen LogP contribution in [0.15, 0.2) is 18.2 Å². The molecule has 1 rings (SSSR count). The number of Topliss-reactive ketones (excluding diaryl/α,β-unsaturated/α-hetero) is 1. The summed E-state index contributed by atoms with van der Waals surface area (Å²) in [7, 11) is 0. The van der Waals surface area contributed by atoms with E-state index in [-0.39, 0.29) is 3.57 Å². The molecule has 76 valence electrons. The molecule has 0 heterocycles. The fourth-order valence-corrected chi connectivity index (χ4v) is 1.40. The molecule has 0 fully saturated rings. The van der Waals surface area contributed by atoms with Gasteiger partial charge in [-0.05, 0) is 40.8 Å². The maximum atomic E-state index is 12.6. The third-order valence-corrected chi connectivity index (χ3v) is 2.37. The Labute approximate surface area is 90.2 Å². The van der Waals surface area contributed by atoms with Gasteiger partial charge in [0.25, 0.3) is 5.78 Å². The molecule has 0 N–H and O–H groups in total. The lowest BCUT2D eigenvalue weighted by molar-refractivity contribution is -0.0885. The number of halogens is 5. The first-order chi connectivity index (χ1) is 6.32. The second-order valence-corrected chi connectivity index (χ2v) is 3.61. The van der Waals surface area contributed by atoms with Crippen molar-refractivity contribution in [1.29, 1.82) is 0 Å². The zero-order chi connectivity index (χ0) is 10.9. The van der Waals surface area contributed by atoms with Crippen molar-refractivity contribution in [2.45, 2.75) is 6.18 Å². The average molecular weight is 318 g/mol. The van der Waals surface area contributed by atoms with Crippen LogP contribution in [-0.4, -0.2) is 12.0 Å². The Morgan fingerprint density at radius 3 is 2.36 bits per heavy atom. The van der Waals surface area contributed by atoms with E-state index in [4.69, 9.17) is 0 Å². The van der Waals surface area contributed by atoms with Gasteiger partial charge in [-0.1, -0.05) is 0 Å². The van der Waals surface area contributed by atoms with Crippen molar-refractivity contribution in [3.63, 3.8) is 0 Å². The average Bonchev–Trinajstić information content (AvgIpc) is 2.06. The Kier molecular flexibility index (Phi) is 3.13. The summed E-state index contributed by atoms with van der Waals surface area (Å²) in [5.74, 6) is -2.89. The Morgan fingerprint density at radius 1 is 1.29 bits per heavy atom. The highest BCUT2D eigenvalue weighted by molar-refractivity contribution is 14.1. The van der Waals surface area contributed by atoms with Gasteiger partial charge in [0.1, 0.15) is 5.82 Å². The van der Waals surface area contributed by atoms with E-state index in [1.807, 2.05) is 0 Å². The lowest BCUT2D eigenvalue weighted by atomic mass is 10.1. The fourth-order valence-electron chi connectivity index (χ4n) is 0.824. The zero-order valence-electron chi connectivity index (χ0n) is 6.53. The van der Waals surface area contributed by atoms with Crippen molar-refractivity contribution in [3.8, 4) is 0 Å². The van der Waals surface area contributed by atoms with Crippen molar-refractivity contribution in [1.82, 2.24) is 0 Å². The number of benzene rings is 1. The van der Waals surface area contributed by atoms with Crippen LogP contribution in [0.2, 0.25) is 0 Å². The van der Waals surface area contributed by atoms with Crippen molar-refractivity contribution >= 4 is 28.4 Å². The minimum atomic E-state index is -4.96. The first kappa shape index (κ1) is 11.4. The van der Waals surface area contributed by atoms with Crippen LogP contribution < -0.4 is 0 Å². The summed E-state index contributed by atoms with van der Waals surface area (Å²) in [5, 5.41) is 0. The summed E-state index contributed by atoms with van der Waals surface area (Å²) < 4.78 is 48.6. The van der Waals surface area contributed by atoms with E-state index in [1.54, 1.807) is 22.6 Å². The normalized spacial score (nSPS) is 11.5. The highest BCUT2D eigenvalue weighted by atomic mass is 127. The Bertz CT molecular complexity index is 372. The van der Waals surface area contributed by atoms with E-state index >= 15 is 0 Å². The van der Waals surface area contributed by atoms with Gasteiger partial charge in [-0.15, -0.1) is 0 Å². The molecule has 0 radical (unpaired) electrons. The highest BCUT2D eigenvalue weighted by Crippen LogP contribution is 2.24. The molecule has 0 aliphatic heterocycles. The van der Waals surface area contributed by atoms with Crippen LogP contribution in [0.4, 0.5) is 17.6 Å². The van der Waals surface area contributed by atoms with E-state index < -0.39 is 23.3 Å². The minimum absolute atomic E-state index is 0.0753. The number of hydrogen-bond donors (Lipinski definition) is 0. The second-order valence-electron chi connectivity index (χ2n) is 2.45. The highest BCUT2D eigenvalue weighted by Gasteiger charge is 2.40. The Balaban J connectivity index is 3.19. The van der Waals surface area contributed by atoms with E-state index in [2.05, 4.69) is 0 Å². The third kappa shape index (κ3) is 2.43. The quantitative estimate of drug-likeness (QED) is 0.442. The molecular formula is C8H3F4IO. The molecule has 0 spiro atoms. The van der Waals surface area contributed by atoms with Crippen molar-refractivity contribution < 1.29 is 22.4 Å². The molecule has 0 aromatic heterocycles. The summed E-state index contributed by atoms with van der Waals surface area (Å²) >= 11 is 1.54. The van der Waals surface area contributed by atoms with Crippen LogP contribution in [0, 0.1) is 9.39 Å². The molecule has 6 heteroatoms. The van der Waals surface area contributed by atoms with Gasteiger partial charge in [0.15, 0.2) is 0 Å². The standard InChI is InChI=1S/C8H3F4IO/c9-4-1-2-6(13)5(3-4)7(14)8(10,11)12/h1-3H. The summed E-state index contributed by atoms with van der Waals surface area (Å²) in [5.41, 5.74) is -0.655. The number of alkyl halides is 3. The number of carbonyl (C=O) groups is 1. The Morgan fingerprint density at radius 2 is 1.86 bits per heavy atom. The lowest BCUT2D eigenvalue weighted by Crippen LogP contribution is -2.23. The minimum Gasteiger partial charge on any atom is -0.284 e. The van der Waals surface area contributed by atoms with Crippen molar-refractivity contribution in [2.75, 3.05) is 0 Å². The molecule has 14 heavy (non-hydrogen) atoms. The fraction of sp³-hybridized carbons (Fsp3) is 0.125. The Hall–Kier alpha value is -0.660. The van der Waals surface area contributed by atoms with E-state index in [9.17, 15) is 22.4 Å². The topological polar surface area (TPSA) is 17.1 Å². The van der Waals surface area contributed by atoms with E-state index in [0.717, 1.165) is 12.1 Å². The summed E-state index contributed by atoms with van der Waals surface area (Å²) in [6, 6.07) is 2.70.